The van der Waals surface area contributed by atoms with Crippen molar-refractivity contribution in [2.24, 2.45) is 11.8 Å². The van der Waals surface area contributed by atoms with Gasteiger partial charge >= 0.3 is 0 Å². The Morgan fingerprint density at radius 3 is 2.00 bits per heavy atom. The van der Waals surface area contributed by atoms with Crippen molar-refractivity contribution >= 4 is 11.6 Å². The lowest BCUT2D eigenvalue weighted by molar-refractivity contribution is 0.0409. The molecule has 1 unspecified atom stereocenters. The van der Waals surface area contributed by atoms with Gasteiger partial charge in [-0.3, -0.25) is 14.5 Å². The minimum atomic E-state index is -0.640. The number of halogens is 1. The molecular weight excluding hydrogens is 483 g/mol. The summed E-state index contributed by atoms with van der Waals surface area (Å²) in [6.45, 7) is 4.24. The van der Waals surface area contributed by atoms with Crippen LogP contribution >= 0.6 is 0 Å². The molecule has 0 amide bonds. The first kappa shape index (κ1) is 26.1. The van der Waals surface area contributed by atoms with Crippen LogP contribution in [0.25, 0.3) is 0 Å². The van der Waals surface area contributed by atoms with Crippen LogP contribution in [0.3, 0.4) is 0 Å². The molecule has 5 rings (SSSR count). The van der Waals surface area contributed by atoms with E-state index < -0.39 is 17.8 Å². The molecule has 3 atom stereocenters. The summed E-state index contributed by atoms with van der Waals surface area (Å²) in [5.74, 6) is -2.62. The van der Waals surface area contributed by atoms with Crippen molar-refractivity contribution in [1.29, 1.82) is 0 Å². The van der Waals surface area contributed by atoms with Gasteiger partial charge in [0.05, 0.1) is 0 Å². The SMILES string of the molecule is Cc1c(F)cccc1C1[C@@H](C(=O)c2cccc(O)c2)CN(C2CCCNC2)C[C@@H]1C(=O)c1cccc(O)c1. The van der Waals surface area contributed by atoms with Crippen molar-refractivity contribution in [3.63, 3.8) is 0 Å². The van der Waals surface area contributed by atoms with Gasteiger partial charge in [-0.25, -0.2) is 4.39 Å². The third kappa shape index (κ3) is 5.22. The van der Waals surface area contributed by atoms with Gasteiger partial charge in [0.1, 0.15) is 17.3 Å². The van der Waals surface area contributed by atoms with Crippen LogP contribution in [-0.2, 0) is 0 Å². The summed E-state index contributed by atoms with van der Waals surface area (Å²) < 4.78 is 14.9. The minimum Gasteiger partial charge on any atom is -0.508 e. The number of hydrogen-bond donors (Lipinski definition) is 3. The summed E-state index contributed by atoms with van der Waals surface area (Å²) >= 11 is 0. The number of hydrogen-bond acceptors (Lipinski definition) is 6. The number of nitrogens with one attached hydrogen (secondary N) is 1. The largest absolute Gasteiger partial charge is 0.508 e. The minimum absolute atomic E-state index is 0.00845. The van der Waals surface area contributed by atoms with Crippen LogP contribution in [0.15, 0.2) is 66.7 Å². The molecule has 2 aliphatic heterocycles. The van der Waals surface area contributed by atoms with E-state index in [2.05, 4.69) is 10.2 Å². The van der Waals surface area contributed by atoms with E-state index in [1.807, 2.05) is 6.07 Å². The molecule has 2 aliphatic rings. The standard InChI is InChI=1S/C31H33FN2O4/c1-19-25(11-4-12-28(19)32)29-26(30(37)20-6-2-9-23(35)14-20)17-34(22-8-5-13-33-16-22)18-27(29)31(38)21-7-3-10-24(36)15-21/h2-4,6-7,9-12,14-15,22,26-27,29,33,35-36H,5,8,13,16-18H2,1H3/t22?,26-,27-/m0/s1. The summed E-state index contributed by atoms with van der Waals surface area (Å²) in [6, 6.07) is 17.5. The van der Waals surface area contributed by atoms with E-state index in [-0.39, 0.29) is 34.9 Å². The van der Waals surface area contributed by atoms with Crippen LogP contribution in [0.1, 0.15) is 50.6 Å². The molecule has 0 spiro atoms. The number of Topliss-reactive ketones (excluding diaryl/α,β-unsaturated/α-hetero) is 2. The Bertz CT molecular complexity index is 1270. The summed E-state index contributed by atoms with van der Waals surface area (Å²) in [7, 11) is 0. The Balaban J connectivity index is 1.64. The van der Waals surface area contributed by atoms with E-state index >= 15 is 0 Å². The van der Waals surface area contributed by atoms with Crippen LogP contribution in [-0.4, -0.2) is 58.9 Å². The highest BCUT2D eigenvalue weighted by Gasteiger charge is 2.47. The fourth-order valence-electron chi connectivity index (χ4n) is 6.19. The van der Waals surface area contributed by atoms with Crippen molar-refractivity contribution < 1.29 is 24.2 Å². The van der Waals surface area contributed by atoms with E-state index in [0.29, 0.717) is 35.3 Å². The van der Waals surface area contributed by atoms with Crippen LogP contribution in [0, 0.1) is 24.6 Å². The molecule has 3 aromatic carbocycles. The zero-order valence-electron chi connectivity index (χ0n) is 21.4. The molecule has 38 heavy (non-hydrogen) atoms. The molecule has 2 saturated heterocycles. The van der Waals surface area contributed by atoms with Crippen molar-refractivity contribution in [1.82, 2.24) is 10.2 Å². The van der Waals surface area contributed by atoms with Crippen LogP contribution in [0.4, 0.5) is 4.39 Å². The number of piperidine rings is 2. The summed E-state index contributed by atoms with van der Waals surface area (Å²) in [5, 5.41) is 23.6. The summed E-state index contributed by atoms with van der Waals surface area (Å²) in [6.07, 6.45) is 1.96. The zero-order valence-corrected chi connectivity index (χ0v) is 21.4. The molecule has 0 aliphatic carbocycles. The summed E-state index contributed by atoms with van der Waals surface area (Å²) in [5.41, 5.74) is 1.79. The second kappa shape index (κ2) is 11.1. The molecule has 0 saturated carbocycles. The molecule has 6 nitrogen and oxygen atoms in total. The molecule has 0 aromatic heterocycles. The smallest absolute Gasteiger partial charge is 0.167 e. The van der Waals surface area contributed by atoms with Gasteiger partial charge in [-0.05, 0) is 67.8 Å². The predicted octanol–water partition coefficient (Wildman–Crippen LogP) is 4.69. The predicted molar refractivity (Wildman–Crippen MR) is 143 cm³/mol. The molecule has 0 bridgehead atoms. The molecule has 7 heteroatoms. The molecule has 2 heterocycles. The zero-order chi connectivity index (χ0) is 26.8. The number of benzene rings is 3. The second-order valence-corrected chi connectivity index (χ2v) is 10.5. The Hall–Kier alpha value is -3.55. The maximum absolute atomic E-state index is 14.9. The number of carbonyl (C=O) groups is 2. The summed E-state index contributed by atoms with van der Waals surface area (Å²) in [4.78, 5) is 30.5. The van der Waals surface area contributed by atoms with Gasteiger partial charge in [0, 0.05) is 54.6 Å². The molecule has 3 N–H and O–H groups in total. The average molecular weight is 517 g/mol. The highest BCUT2D eigenvalue weighted by atomic mass is 19.1. The molecule has 0 radical (unpaired) electrons. The maximum atomic E-state index is 14.9. The highest BCUT2D eigenvalue weighted by molar-refractivity contribution is 6.02. The number of likely N-dealkylation sites (tertiary alicyclic amines) is 1. The first-order valence-corrected chi connectivity index (χ1v) is 13.2. The molecular formula is C31H33FN2O4. The highest BCUT2D eigenvalue weighted by Crippen LogP contribution is 2.43. The Morgan fingerprint density at radius 2 is 1.47 bits per heavy atom. The second-order valence-electron chi connectivity index (χ2n) is 10.5. The first-order chi connectivity index (χ1) is 18.3. The fraction of sp³-hybridized carbons (Fsp3) is 0.355. The van der Waals surface area contributed by atoms with Crippen LogP contribution in [0.2, 0.25) is 0 Å². The van der Waals surface area contributed by atoms with E-state index in [1.165, 1.54) is 30.3 Å². The first-order valence-electron chi connectivity index (χ1n) is 13.2. The van der Waals surface area contributed by atoms with Gasteiger partial charge < -0.3 is 15.5 Å². The molecule has 198 valence electrons. The Morgan fingerprint density at radius 1 is 0.895 bits per heavy atom. The van der Waals surface area contributed by atoms with Gasteiger partial charge in [-0.2, -0.15) is 0 Å². The van der Waals surface area contributed by atoms with Crippen LogP contribution < -0.4 is 5.32 Å². The van der Waals surface area contributed by atoms with Gasteiger partial charge in [-0.15, -0.1) is 0 Å². The lowest BCUT2D eigenvalue weighted by Gasteiger charge is -2.47. The number of rotatable bonds is 6. The lowest BCUT2D eigenvalue weighted by Crippen LogP contribution is -2.56. The molecule has 2 fully saturated rings. The van der Waals surface area contributed by atoms with Crippen molar-refractivity contribution in [2.45, 2.75) is 31.7 Å². The van der Waals surface area contributed by atoms with Crippen molar-refractivity contribution in [3.05, 3.63) is 94.8 Å². The van der Waals surface area contributed by atoms with Gasteiger partial charge in [0.2, 0.25) is 0 Å². The van der Waals surface area contributed by atoms with Gasteiger partial charge in [-0.1, -0.05) is 36.4 Å². The topological polar surface area (TPSA) is 89.9 Å². The third-order valence-corrected chi connectivity index (χ3v) is 8.12. The number of ketones is 2. The van der Waals surface area contributed by atoms with Crippen molar-refractivity contribution in [2.75, 3.05) is 26.2 Å². The number of nitrogens with zero attached hydrogens (tertiary/aromatic N) is 1. The Kier molecular flexibility index (Phi) is 7.58. The lowest BCUT2D eigenvalue weighted by atomic mass is 9.67. The van der Waals surface area contributed by atoms with Crippen molar-refractivity contribution in [3.8, 4) is 11.5 Å². The van der Waals surface area contributed by atoms with E-state index in [0.717, 1.165) is 25.9 Å². The van der Waals surface area contributed by atoms with Gasteiger partial charge in [0.15, 0.2) is 11.6 Å². The normalized spacial score (nSPS) is 22.7. The van der Waals surface area contributed by atoms with E-state index in [9.17, 15) is 24.2 Å². The average Bonchev–Trinajstić information content (AvgIpc) is 2.93. The maximum Gasteiger partial charge on any atom is 0.167 e. The Labute approximate surface area is 222 Å². The van der Waals surface area contributed by atoms with Crippen LogP contribution in [0.5, 0.6) is 11.5 Å². The van der Waals surface area contributed by atoms with E-state index in [4.69, 9.17) is 0 Å². The number of phenolic OH excluding ortho intramolecular Hbond substituents is 2. The van der Waals surface area contributed by atoms with Gasteiger partial charge in [0.25, 0.3) is 0 Å². The fourth-order valence-corrected chi connectivity index (χ4v) is 6.19. The number of phenols is 2. The monoisotopic (exact) mass is 516 g/mol. The number of carbonyl (C=O) groups excluding carboxylic acids is 2. The third-order valence-electron chi connectivity index (χ3n) is 8.12. The number of aromatic hydroxyl groups is 2. The molecule has 3 aromatic rings. The quantitative estimate of drug-likeness (QED) is 0.412. The van der Waals surface area contributed by atoms with E-state index in [1.54, 1.807) is 37.3 Å².